The zero-order chi connectivity index (χ0) is 11.7. The second-order valence-electron chi connectivity index (χ2n) is 5.28. The standard InChI is InChI=1S/C12H20ClN3/c1-8(2)11-14-15-12(13)16(11)10-6-4-5-9(3)7-10/h8-10H,4-7H2,1-3H3. The summed E-state index contributed by atoms with van der Waals surface area (Å²) in [5.41, 5.74) is 0. The smallest absolute Gasteiger partial charge is 0.225 e. The average molecular weight is 242 g/mol. The molecule has 0 aromatic carbocycles. The van der Waals surface area contributed by atoms with E-state index in [1.807, 2.05) is 0 Å². The van der Waals surface area contributed by atoms with Crippen LogP contribution >= 0.6 is 11.6 Å². The minimum absolute atomic E-state index is 0.386. The van der Waals surface area contributed by atoms with Gasteiger partial charge in [-0.2, -0.15) is 0 Å². The maximum Gasteiger partial charge on any atom is 0.225 e. The predicted molar refractivity (Wildman–Crippen MR) is 65.8 cm³/mol. The van der Waals surface area contributed by atoms with Gasteiger partial charge >= 0.3 is 0 Å². The molecule has 1 heterocycles. The number of rotatable bonds is 2. The van der Waals surface area contributed by atoms with E-state index in [1.54, 1.807) is 0 Å². The lowest BCUT2D eigenvalue weighted by atomic mass is 9.87. The fourth-order valence-corrected chi connectivity index (χ4v) is 2.91. The lowest BCUT2D eigenvalue weighted by Crippen LogP contribution is -2.20. The molecule has 1 fully saturated rings. The molecule has 1 aliphatic rings. The highest BCUT2D eigenvalue weighted by molar-refractivity contribution is 6.28. The molecule has 2 atom stereocenters. The molecule has 90 valence electrons. The van der Waals surface area contributed by atoms with Crippen LogP contribution in [0, 0.1) is 5.92 Å². The van der Waals surface area contributed by atoms with E-state index in [4.69, 9.17) is 11.6 Å². The molecular weight excluding hydrogens is 222 g/mol. The largest absolute Gasteiger partial charge is 0.298 e. The Morgan fingerprint density at radius 1 is 1.31 bits per heavy atom. The fraction of sp³-hybridized carbons (Fsp3) is 0.833. The van der Waals surface area contributed by atoms with Gasteiger partial charge in [0, 0.05) is 12.0 Å². The van der Waals surface area contributed by atoms with Gasteiger partial charge in [0.25, 0.3) is 0 Å². The normalized spacial score (nSPS) is 26.3. The van der Waals surface area contributed by atoms with Crippen molar-refractivity contribution in [1.29, 1.82) is 0 Å². The van der Waals surface area contributed by atoms with Gasteiger partial charge in [0.05, 0.1) is 0 Å². The molecule has 1 aromatic heterocycles. The van der Waals surface area contributed by atoms with Crippen LogP contribution in [0.2, 0.25) is 5.28 Å². The molecule has 1 aliphatic carbocycles. The number of nitrogens with zero attached hydrogens (tertiary/aromatic N) is 3. The molecule has 1 saturated carbocycles. The number of hydrogen-bond donors (Lipinski definition) is 0. The molecule has 3 nitrogen and oxygen atoms in total. The second kappa shape index (κ2) is 4.74. The molecular formula is C12H20ClN3. The molecule has 2 rings (SSSR count). The average Bonchev–Trinajstić information content (AvgIpc) is 2.60. The molecule has 0 saturated heterocycles. The minimum Gasteiger partial charge on any atom is -0.298 e. The highest BCUT2D eigenvalue weighted by Crippen LogP contribution is 2.35. The third kappa shape index (κ3) is 2.24. The Labute approximate surface area is 102 Å². The Morgan fingerprint density at radius 3 is 2.69 bits per heavy atom. The molecule has 4 heteroatoms. The highest BCUT2D eigenvalue weighted by atomic mass is 35.5. The first-order valence-corrected chi connectivity index (χ1v) is 6.57. The quantitative estimate of drug-likeness (QED) is 0.789. The van der Waals surface area contributed by atoms with Gasteiger partial charge in [0.2, 0.25) is 5.28 Å². The van der Waals surface area contributed by atoms with E-state index >= 15 is 0 Å². The van der Waals surface area contributed by atoms with E-state index in [1.165, 1.54) is 25.7 Å². The minimum atomic E-state index is 0.386. The Balaban J connectivity index is 2.27. The van der Waals surface area contributed by atoms with Gasteiger partial charge < -0.3 is 0 Å². The van der Waals surface area contributed by atoms with Gasteiger partial charge in [-0.3, -0.25) is 4.57 Å². The third-order valence-electron chi connectivity index (χ3n) is 3.47. The van der Waals surface area contributed by atoms with E-state index in [-0.39, 0.29) is 0 Å². The zero-order valence-corrected chi connectivity index (χ0v) is 11.0. The van der Waals surface area contributed by atoms with Crippen LogP contribution in [0.25, 0.3) is 0 Å². The van der Waals surface area contributed by atoms with Gasteiger partial charge in [-0.05, 0) is 30.4 Å². The first-order chi connectivity index (χ1) is 7.59. The van der Waals surface area contributed by atoms with Crippen molar-refractivity contribution in [3.05, 3.63) is 11.1 Å². The van der Waals surface area contributed by atoms with Gasteiger partial charge in [0.15, 0.2) is 0 Å². The van der Waals surface area contributed by atoms with Crippen molar-refractivity contribution in [2.24, 2.45) is 5.92 Å². The molecule has 1 aromatic rings. The summed E-state index contributed by atoms with van der Waals surface area (Å²) < 4.78 is 2.15. The van der Waals surface area contributed by atoms with Crippen molar-refractivity contribution in [3.63, 3.8) is 0 Å². The van der Waals surface area contributed by atoms with Crippen molar-refractivity contribution in [3.8, 4) is 0 Å². The van der Waals surface area contributed by atoms with Gasteiger partial charge in [-0.1, -0.05) is 33.6 Å². The van der Waals surface area contributed by atoms with Gasteiger partial charge in [-0.25, -0.2) is 0 Å². The van der Waals surface area contributed by atoms with E-state index in [9.17, 15) is 0 Å². The van der Waals surface area contributed by atoms with Crippen molar-refractivity contribution >= 4 is 11.6 Å². The van der Waals surface area contributed by atoms with Crippen LogP contribution in [0.15, 0.2) is 0 Å². The summed E-state index contributed by atoms with van der Waals surface area (Å²) in [4.78, 5) is 0. The monoisotopic (exact) mass is 241 g/mol. The summed E-state index contributed by atoms with van der Waals surface area (Å²) in [5.74, 6) is 2.21. The van der Waals surface area contributed by atoms with Gasteiger partial charge in [0.1, 0.15) is 5.82 Å². The van der Waals surface area contributed by atoms with Crippen LogP contribution in [-0.4, -0.2) is 14.8 Å². The second-order valence-corrected chi connectivity index (χ2v) is 5.62. The maximum absolute atomic E-state index is 6.16. The van der Waals surface area contributed by atoms with Crippen molar-refractivity contribution < 1.29 is 0 Å². The van der Waals surface area contributed by atoms with Crippen LogP contribution in [0.4, 0.5) is 0 Å². The van der Waals surface area contributed by atoms with Crippen LogP contribution in [0.3, 0.4) is 0 Å². The van der Waals surface area contributed by atoms with Crippen LogP contribution < -0.4 is 0 Å². The van der Waals surface area contributed by atoms with Crippen molar-refractivity contribution in [2.45, 2.75) is 58.4 Å². The molecule has 0 aliphatic heterocycles. The summed E-state index contributed by atoms with van der Waals surface area (Å²) in [5, 5.41) is 8.77. The van der Waals surface area contributed by atoms with Crippen molar-refractivity contribution in [1.82, 2.24) is 14.8 Å². The number of halogens is 1. The van der Waals surface area contributed by atoms with E-state index in [2.05, 4.69) is 35.5 Å². The molecule has 0 bridgehead atoms. The highest BCUT2D eigenvalue weighted by Gasteiger charge is 2.25. The molecule has 0 N–H and O–H groups in total. The summed E-state index contributed by atoms with van der Waals surface area (Å²) in [6.45, 7) is 6.60. The van der Waals surface area contributed by atoms with E-state index < -0.39 is 0 Å². The van der Waals surface area contributed by atoms with Crippen LogP contribution in [0.1, 0.15) is 64.2 Å². The molecule has 16 heavy (non-hydrogen) atoms. The maximum atomic E-state index is 6.16. The van der Waals surface area contributed by atoms with Crippen LogP contribution in [0.5, 0.6) is 0 Å². The Kier molecular flexibility index (Phi) is 3.53. The SMILES string of the molecule is CC1CCCC(n2c(Cl)nnc2C(C)C)C1. The van der Waals surface area contributed by atoms with Crippen molar-refractivity contribution in [2.75, 3.05) is 0 Å². The molecule has 2 unspecified atom stereocenters. The summed E-state index contributed by atoms with van der Waals surface area (Å²) in [6, 6.07) is 0.503. The predicted octanol–water partition coefficient (Wildman–Crippen LogP) is 3.81. The lowest BCUT2D eigenvalue weighted by Gasteiger charge is -2.29. The Bertz CT molecular complexity index is 359. The summed E-state index contributed by atoms with van der Waals surface area (Å²) in [7, 11) is 0. The lowest BCUT2D eigenvalue weighted by molar-refractivity contribution is 0.276. The Morgan fingerprint density at radius 2 is 2.06 bits per heavy atom. The van der Waals surface area contributed by atoms with E-state index in [0.29, 0.717) is 17.2 Å². The molecule has 0 radical (unpaired) electrons. The molecule has 0 amide bonds. The first-order valence-electron chi connectivity index (χ1n) is 6.20. The topological polar surface area (TPSA) is 30.7 Å². The summed E-state index contributed by atoms with van der Waals surface area (Å²) >= 11 is 6.16. The molecule has 0 spiro atoms. The van der Waals surface area contributed by atoms with E-state index in [0.717, 1.165) is 11.7 Å². The fourth-order valence-electron chi connectivity index (χ4n) is 2.65. The number of hydrogen-bond acceptors (Lipinski definition) is 2. The number of aromatic nitrogens is 3. The van der Waals surface area contributed by atoms with Crippen LogP contribution in [-0.2, 0) is 0 Å². The zero-order valence-electron chi connectivity index (χ0n) is 10.3. The third-order valence-corrected chi connectivity index (χ3v) is 3.73. The Hall–Kier alpha value is -0.570. The van der Waals surface area contributed by atoms with Gasteiger partial charge in [-0.15, -0.1) is 10.2 Å². The summed E-state index contributed by atoms with van der Waals surface area (Å²) in [6.07, 6.45) is 5.05. The first kappa shape index (κ1) is 11.9.